The number of hydrogen-bond donors (Lipinski definition) is 0. The molecular weight excluding hydrogens is 580 g/mol. The van der Waals surface area contributed by atoms with Crippen LogP contribution in [-0.2, 0) is 33.7 Å². The monoisotopic (exact) mass is 623 g/mol. The Morgan fingerprint density at radius 2 is 1.82 bits per heavy atom. The standard InChI is InChI=1S/C34H43F2N5O4/c1-21(42)38-11-7-28-27(18-38)31(37-41(28)24-8-12-44-13-9-24)40-10-5-6-22-14-25(26(30(35)36)15-29(22)40)23-16-34(17-23)19-39(20-34)32(43)45-33(2,3)4/h14-16,24,30H,5-13,17-20H2,1-4H3. The molecule has 2 amide bonds. The van der Waals surface area contributed by atoms with Crippen molar-refractivity contribution >= 4 is 29.1 Å². The number of halogens is 2. The van der Waals surface area contributed by atoms with Gasteiger partial charge in [-0.2, -0.15) is 5.10 Å². The molecule has 45 heavy (non-hydrogen) atoms. The van der Waals surface area contributed by atoms with Gasteiger partial charge < -0.3 is 24.2 Å². The van der Waals surface area contributed by atoms with Gasteiger partial charge in [0.2, 0.25) is 5.91 Å². The predicted octanol–water partition coefficient (Wildman–Crippen LogP) is 6.19. The molecule has 0 bridgehead atoms. The highest BCUT2D eigenvalue weighted by Crippen LogP contribution is 2.53. The van der Waals surface area contributed by atoms with Crippen molar-refractivity contribution in [1.82, 2.24) is 19.6 Å². The molecule has 11 heteroatoms. The number of likely N-dealkylation sites (tertiary alicyclic amines) is 1. The van der Waals surface area contributed by atoms with E-state index in [1.54, 1.807) is 17.9 Å². The first kappa shape index (κ1) is 30.2. The number of benzene rings is 1. The Hall–Kier alpha value is -3.47. The van der Waals surface area contributed by atoms with Gasteiger partial charge in [-0.25, -0.2) is 13.6 Å². The van der Waals surface area contributed by atoms with Gasteiger partial charge in [0.05, 0.1) is 12.6 Å². The minimum absolute atomic E-state index is 0.0290. The summed E-state index contributed by atoms with van der Waals surface area (Å²) in [5.74, 6) is 0.816. The van der Waals surface area contributed by atoms with E-state index in [2.05, 4.69) is 15.7 Å². The summed E-state index contributed by atoms with van der Waals surface area (Å²) in [5.41, 5.74) is 4.86. The van der Waals surface area contributed by atoms with Gasteiger partial charge in [-0.1, -0.05) is 6.08 Å². The van der Waals surface area contributed by atoms with E-state index < -0.39 is 12.0 Å². The van der Waals surface area contributed by atoms with Crippen molar-refractivity contribution in [1.29, 1.82) is 0 Å². The van der Waals surface area contributed by atoms with Crippen LogP contribution >= 0.6 is 0 Å². The molecule has 0 unspecified atom stereocenters. The molecular formula is C34H43F2N5O4. The maximum absolute atomic E-state index is 14.7. The minimum Gasteiger partial charge on any atom is -0.444 e. The molecule has 242 valence electrons. The SMILES string of the molecule is CC(=O)N1CCc2c(c(N3CCCc4cc(C5=CC6(C5)CN(C(=O)OC(C)(C)C)C6)c(C(F)F)cc43)nn2C2CCOCC2)C1. The summed E-state index contributed by atoms with van der Waals surface area (Å²) in [4.78, 5) is 30.5. The topological polar surface area (TPSA) is 80.1 Å². The molecule has 7 rings (SSSR count). The third-order valence-electron chi connectivity index (χ3n) is 9.94. The largest absolute Gasteiger partial charge is 0.444 e. The van der Waals surface area contributed by atoms with Gasteiger partial charge in [-0.15, -0.1) is 0 Å². The second-order valence-electron chi connectivity index (χ2n) is 14.4. The van der Waals surface area contributed by atoms with E-state index in [1.807, 2.05) is 31.7 Å². The van der Waals surface area contributed by atoms with E-state index in [4.69, 9.17) is 14.6 Å². The van der Waals surface area contributed by atoms with Crippen LogP contribution in [0.15, 0.2) is 18.2 Å². The summed E-state index contributed by atoms with van der Waals surface area (Å²) < 4.78 is 42.7. The van der Waals surface area contributed by atoms with E-state index in [-0.39, 0.29) is 29.0 Å². The van der Waals surface area contributed by atoms with Crippen molar-refractivity contribution in [2.24, 2.45) is 5.41 Å². The number of rotatable bonds is 4. The normalized spacial score (nSPS) is 21.2. The van der Waals surface area contributed by atoms with Crippen molar-refractivity contribution in [2.75, 3.05) is 44.3 Å². The summed E-state index contributed by atoms with van der Waals surface area (Å²) in [7, 11) is 0. The molecule has 9 nitrogen and oxygen atoms in total. The lowest BCUT2D eigenvalue weighted by Crippen LogP contribution is -2.60. The second-order valence-corrected chi connectivity index (χ2v) is 14.4. The molecule has 5 aliphatic rings. The number of ether oxygens (including phenoxy) is 2. The molecule has 2 saturated heterocycles. The molecule has 1 aromatic heterocycles. The van der Waals surface area contributed by atoms with Gasteiger partial charge in [0.1, 0.15) is 5.60 Å². The summed E-state index contributed by atoms with van der Waals surface area (Å²) in [6, 6.07) is 3.87. The lowest BCUT2D eigenvalue weighted by atomic mass is 9.64. The maximum Gasteiger partial charge on any atom is 0.410 e. The fraction of sp³-hybridized carbons (Fsp3) is 0.618. The number of allylic oxidation sites excluding steroid dienone is 1. The van der Waals surface area contributed by atoms with Gasteiger partial charge in [0.25, 0.3) is 6.43 Å². The Labute approximate surface area is 263 Å². The molecule has 0 radical (unpaired) electrons. The lowest BCUT2D eigenvalue weighted by Gasteiger charge is -2.53. The number of hydrogen-bond acceptors (Lipinski definition) is 6. The van der Waals surface area contributed by atoms with Gasteiger partial charge in [0, 0.05) is 80.7 Å². The molecule has 4 aliphatic heterocycles. The zero-order valence-electron chi connectivity index (χ0n) is 26.7. The first-order valence-electron chi connectivity index (χ1n) is 16.3. The highest BCUT2D eigenvalue weighted by Gasteiger charge is 2.50. The quantitative estimate of drug-likeness (QED) is 0.405. The highest BCUT2D eigenvalue weighted by atomic mass is 19.3. The number of carbonyl (C=O) groups excluding carboxylic acids is 2. The van der Waals surface area contributed by atoms with Crippen LogP contribution in [0.1, 0.15) is 93.8 Å². The molecule has 2 aromatic rings. The van der Waals surface area contributed by atoms with E-state index in [0.29, 0.717) is 57.9 Å². The molecule has 0 atom stereocenters. The van der Waals surface area contributed by atoms with E-state index >= 15 is 0 Å². The van der Waals surface area contributed by atoms with E-state index in [0.717, 1.165) is 66.0 Å². The average molecular weight is 624 g/mol. The summed E-state index contributed by atoms with van der Waals surface area (Å²) in [6.07, 6.45) is 3.96. The molecule has 1 spiro atoms. The van der Waals surface area contributed by atoms with Crippen LogP contribution in [0.4, 0.5) is 25.1 Å². The van der Waals surface area contributed by atoms with Crippen molar-refractivity contribution < 1.29 is 27.8 Å². The number of amides is 2. The van der Waals surface area contributed by atoms with E-state index in [9.17, 15) is 18.4 Å². The third kappa shape index (κ3) is 5.51. The Morgan fingerprint density at radius 3 is 2.49 bits per heavy atom. The smallest absolute Gasteiger partial charge is 0.410 e. The number of nitrogens with zero attached hydrogens (tertiary/aromatic N) is 5. The minimum atomic E-state index is -2.63. The van der Waals surface area contributed by atoms with Crippen molar-refractivity contribution in [3.05, 3.63) is 46.2 Å². The summed E-state index contributed by atoms with van der Waals surface area (Å²) in [6.45, 7) is 11.4. The zero-order chi connectivity index (χ0) is 31.7. The molecule has 5 heterocycles. The van der Waals surface area contributed by atoms with Gasteiger partial charge in [-0.05, 0) is 81.7 Å². The molecule has 1 aromatic carbocycles. The first-order chi connectivity index (χ1) is 21.4. The highest BCUT2D eigenvalue weighted by molar-refractivity contribution is 5.81. The molecule has 0 saturated carbocycles. The Morgan fingerprint density at radius 1 is 1.09 bits per heavy atom. The number of aromatic nitrogens is 2. The van der Waals surface area contributed by atoms with Crippen molar-refractivity contribution in [3.63, 3.8) is 0 Å². The summed E-state index contributed by atoms with van der Waals surface area (Å²) in [5, 5.41) is 5.18. The molecule has 0 N–H and O–H groups in total. The van der Waals surface area contributed by atoms with Crippen LogP contribution < -0.4 is 4.90 Å². The fourth-order valence-electron chi connectivity index (χ4n) is 7.74. The lowest BCUT2D eigenvalue weighted by molar-refractivity contribution is -0.129. The first-order valence-corrected chi connectivity index (χ1v) is 16.3. The van der Waals surface area contributed by atoms with Crippen LogP contribution in [0.25, 0.3) is 5.57 Å². The Bertz CT molecular complexity index is 1550. The van der Waals surface area contributed by atoms with Crippen LogP contribution in [0.3, 0.4) is 0 Å². The molecule has 1 aliphatic carbocycles. The van der Waals surface area contributed by atoms with Crippen molar-refractivity contribution in [3.8, 4) is 0 Å². The summed E-state index contributed by atoms with van der Waals surface area (Å²) >= 11 is 0. The van der Waals surface area contributed by atoms with Crippen LogP contribution in [0.2, 0.25) is 0 Å². The van der Waals surface area contributed by atoms with Crippen molar-refractivity contribution in [2.45, 2.75) is 90.8 Å². The predicted molar refractivity (Wildman–Crippen MR) is 166 cm³/mol. The maximum atomic E-state index is 14.7. The number of aryl methyl sites for hydroxylation is 1. The van der Waals surface area contributed by atoms with Crippen LogP contribution in [0, 0.1) is 5.41 Å². The Balaban J connectivity index is 1.20. The second kappa shape index (κ2) is 11.1. The van der Waals surface area contributed by atoms with Crippen LogP contribution in [0.5, 0.6) is 0 Å². The van der Waals surface area contributed by atoms with Crippen LogP contribution in [-0.4, -0.2) is 76.6 Å². The number of carbonyl (C=O) groups is 2. The number of alkyl halides is 2. The van der Waals surface area contributed by atoms with Gasteiger partial charge in [-0.3, -0.25) is 9.48 Å². The number of anilines is 2. The number of fused-ring (bicyclic) bond motifs is 2. The Kier molecular flexibility index (Phi) is 7.45. The van der Waals surface area contributed by atoms with Gasteiger partial charge >= 0.3 is 6.09 Å². The van der Waals surface area contributed by atoms with E-state index in [1.165, 1.54) is 0 Å². The molecule has 2 fully saturated rings. The average Bonchev–Trinajstić information content (AvgIpc) is 3.33. The van der Waals surface area contributed by atoms with Gasteiger partial charge in [0.15, 0.2) is 5.82 Å². The zero-order valence-corrected chi connectivity index (χ0v) is 26.7. The fourth-order valence-corrected chi connectivity index (χ4v) is 7.74. The third-order valence-corrected chi connectivity index (χ3v) is 9.94.